The summed E-state index contributed by atoms with van der Waals surface area (Å²) in [5.74, 6) is 7.80. The molecule has 170 valence electrons. The Hall–Kier alpha value is -4.03. The maximum absolute atomic E-state index is 13.3. The Kier molecular flexibility index (Phi) is 5.82. The molecule has 9 heteroatoms. The van der Waals surface area contributed by atoms with Gasteiger partial charge in [0.2, 0.25) is 0 Å². The van der Waals surface area contributed by atoms with E-state index in [1.807, 2.05) is 49.3 Å². The molecule has 1 fully saturated rings. The summed E-state index contributed by atoms with van der Waals surface area (Å²) in [6.07, 6.45) is 5.50. The predicted octanol–water partition coefficient (Wildman–Crippen LogP) is 4.24. The molecule has 5 rings (SSSR count). The van der Waals surface area contributed by atoms with Crippen molar-refractivity contribution in [3.63, 3.8) is 0 Å². The van der Waals surface area contributed by atoms with Crippen LogP contribution in [0.2, 0.25) is 0 Å². The number of carbonyl (C=O) groups is 1. The van der Waals surface area contributed by atoms with Crippen LogP contribution < -0.4 is 15.0 Å². The van der Waals surface area contributed by atoms with E-state index in [1.54, 1.807) is 19.5 Å². The zero-order valence-electron chi connectivity index (χ0n) is 19.0. The summed E-state index contributed by atoms with van der Waals surface area (Å²) in [5.41, 5.74) is 3.01. The molecule has 0 aliphatic heterocycles. The number of nitrogens with zero attached hydrogens (tertiary/aromatic N) is 5. The third kappa shape index (κ3) is 4.54. The van der Waals surface area contributed by atoms with Gasteiger partial charge in [0.15, 0.2) is 15.6 Å². The molecule has 0 atom stereocenters. The highest BCUT2D eigenvalue weighted by atomic mass is 32.1. The first-order valence-corrected chi connectivity index (χ1v) is 11.6. The summed E-state index contributed by atoms with van der Waals surface area (Å²) in [7, 11) is 5.41. The van der Waals surface area contributed by atoms with Crippen molar-refractivity contribution in [1.29, 1.82) is 0 Å². The van der Waals surface area contributed by atoms with Gasteiger partial charge in [-0.1, -0.05) is 35.5 Å². The number of rotatable bonds is 5. The minimum absolute atomic E-state index is 0.327. The Morgan fingerprint density at radius 3 is 2.74 bits per heavy atom. The second-order valence-electron chi connectivity index (χ2n) is 8.08. The number of nitrogens with one attached hydrogen (secondary N) is 1. The van der Waals surface area contributed by atoms with Crippen molar-refractivity contribution in [2.24, 2.45) is 5.92 Å². The van der Waals surface area contributed by atoms with E-state index in [1.165, 1.54) is 11.3 Å². The molecule has 1 aromatic carbocycles. The van der Waals surface area contributed by atoms with Gasteiger partial charge in [-0.05, 0) is 30.9 Å². The highest BCUT2D eigenvalue weighted by Crippen LogP contribution is 2.34. The number of para-hydroxylation sites is 1. The van der Waals surface area contributed by atoms with Crippen LogP contribution in [0.3, 0.4) is 0 Å². The van der Waals surface area contributed by atoms with Crippen LogP contribution in [-0.2, 0) is 0 Å². The molecule has 34 heavy (non-hydrogen) atoms. The van der Waals surface area contributed by atoms with Crippen molar-refractivity contribution in [3.8, 4) is 28.7 Å². The van der Waals surface area contributed by atoms with Crippen molar-refractivity contribution < 1.29 is 9.53 Å². The fourth-order valence-electron chi connectivity index (χ4n) is 3.36. The Bertz CT molecular complexity index is 1450. The number of ether oxygens (including phenoxy) is 1. The average Bonchev–Trinajstić information content (AvgIpc) is 3.60. The molecule has 1 saturated carbocycles. The number of fused-ring (bicyclic) bond motifs is 1. The Labute approximate surface area is 201 Å². The monoisotopic (exact) mass is 470 g/mol. The van der Waals surface area contributed by atoms with Crippen LogP contribution in [0.25, 0.3) is 21.6 Å². The molecule has 0 radical (unpaired) electrons. The number of thiazole rings is 1. The van der Waals surface area contributed by atoms with Gasteiger partial charge in [0.1, 0.15) is 17.3 Å². The molecule has 3 aromatic heterocycles. The molecule has 0 bridgehead atoms. The lowest BCUT2D eigenvalue weighted by atomic mass is 10.00. The van der Waals surface area contributed by atoms with Gasteiger partial charge in [-0.25, -0.2) is 15.0 Å². The molecular formula is C25H22N6O2S. The first-order valence-electron chi connectivity index (χ1n) is 10.8. The second kappa shape index (κ2) is 9.08. The predicted molar refractivity (Wildman–Crippen MR) is 133 cm³/mol. The van der Waals surface area contributed by atoms with E-state index >= 15 is 0 Å². The minimum Gasteiger partial charge on any atom is -0.496 e. The van der Waals surface area contributed by atoms with E-state index < -0.39 is 0 Å². The molecule has 1 N–H and O–H groups in total. The normalized spacial score (nSPS) is 12.7. The molecular weight excluding hydrogens is 448 g/mol. The van der Waals surface area contributed by atoms with E-state index in [-0.39, 0.29) is 5.91 Å². The summed E-state index contributed by atoms with van der Waals surface area (Å²) in [6.45, 7) is 0. The fourth-order valence-corrected chi connectivity index (χ4v) is 4.16. The van der Waals surface area contributed by atoms with Crippen LogP contribution in [0, 0.1) is 17.8 Å². The van der Waals surface area contributed by atoms with Crippen LogP contribution in [0.4, 0.5) is 10.9 Å². The number of hydrogen-bond acceptors (Lipinski definition) is 8. The van der Waals surface area contributed by atoms with Gasteiger partial charge < -0.3 is 9.64 Å². The smallest absolute Gasteiger partial charge is 0.259 e. The van der Waals surface area contributed by atoms with Crippen molar-refractivity contribution in [1.82, 2.24) is 19.9 Å². The number of carbonyl (C=O) groups excluding carboxylic acids is 1. The van der Waals surface area contributed by atoms with Gasteiger partial charge in [0.05, 0.1) is 18.9 Å². The third-order valence-electron chi connectivity index (χ3n) is 5.31. The van der Waals surface area contributed by atoms with Crippen molar-refractivity contribution in [2.75, 3.05) is 31.4 Å². The van der Waals surface area contributed by atoms with Crippen LogP contribution in [0.5, 0.6) is 5.75 Å². The number of benzene rings is 1. The third-order valence-corrected chi connectivity index (χ3v) is 6.17. The van der Waals surface area contributed by atoms with E-state index in [9.17, 15) is 4.79 Å². The first kappa shape index (κ1) is 21.8. The standard InChI is InChI=1S/C25H22N6O2S/c1-31(2)21-12-18(17-6-4-5-7-20(17)33-3)19(14-26-21)23(32)30-25-29-22-24(34-25)28-16(13-27-22)11-10-15-8-9-15/h4-7,12-15H,8-9H2,1-3H3,(H,27,29,30,32). The van der Waals surface area contributed by atoms with Crippen LogP contribution in [-0.4, -0.2) is 47.0 Å². The maximum Gasteiger partial charge on any atom is 0.259 e. The molecule has 1 amide bonds. The lowest BCUT2D eigenvalue weighted by Crippen LogP contribution is -2.16. The zero-order chi connectivity index (χ0) is 23.7. The SMILES string of the molecule is COc1ccccc1-c1cc(N(C)C)ncc1C(=O)Nc1nc2ncc(C#CC3CC3)nc2s1. The number of aromatic nitrogens is 4. The second-order valence-corrected chi connectivity index (χ2v) is 9.06. The average molecular weight is 471 g/mol. The highest BCUT2D eigenvalue weighted by Gasteiger charge is 2.20. The molecule has 3 heterocycles. The molecule has 0 spiro atoms. The van der Waals surface area contributed by atoms with Gasteiger partial charge in [-0.15, -0.1) is 0 Å². The molecule has 0 unspecified atom stereocenters. The fraction of sp³-hybridized carbons (Fsp3) is 0.240. The summed E-state index contributed by atoms with van der Waals surface area (Å²) in [5, 5.41) is 3.29. The van der Waals surface area contributed by atoms with Gasteiger partial charge in [0, 0.05) is 37.3 Å². The van der Waals surface area contributed by atoms with Crippen molar-refractivity contribution in [2.45, 2.75) is 12.8 Å². The molecule has 4 aromatic rings. The summed E-state index contributed by atoms with van der Waals surface area (Å²) in [4.78, 5) is 33.6. The largest absolute Gasteiger partial charge is 0.496 e. The topological polar surface area (TPSA) is 93.1 Å². The first-order chi connectivity index (χ1) is 16.5. The van der Waals surface area contributed by atoms with Crippen LogP contribution in [0.15, 0.2) is 42.7 Å². The van der Waals surface area contributed by atoms with Gasteiger partial charge in [-0.2, -0.15) is 4.98 Å². The lowest BCUT2D eigenvalue weighted by molar-refractivity contribution is 0.102. The number of amides is 1. The Morgan fingerprint density at radius 1 is 1.15 bits per heavy atom. The molecule has 8 nitrogen and oxygen atoms in total. The quantitative estimate of drug-likeness (QED) is 0.436. The highest BCUT2D eigenvalue weighted by molar-refractivity contribution is 7.21. The Balaban J connectivity index is 1.47. The zero-order valence-corrected chi connectivity index (χ0v) is 19.8. The lowest BCUT2D eigenvalue weighted by Gasteiger charge is -2.17. The van der Waals surface area contributed by atoms with Crippen molar-refractivity contribution >= 4 is 38.7 Å². The van der Waals surface area contributed by atoms with Crippen molar-refractivity contribution in [3.05, 3.63) is 54.0 Å². The van der Waals surface area contributed by atoms with Gasteiger partial charge >= 0.3 is 0 Å². The number of methoxy groups -OCH3 is 1. The van der Waals surface area contributed by atoms with Gasteiger partial charge in [0.25, 0.3) is 5.91 Å². The van der Waals surface area contributed by atoms with E-state index in [0.717, 1.165) is 24.2 Å². The van der Waals surface area contributed by atoms with Crippen LogP contribution >= 0.6 is 11.3 Å². The number of anilines is 2. The molecule has 1 aliphatic carbocycles. The van der Waals surface area contributed by atoms with Gasteiger partial charge in [-0.3, -0.25) is 10.1 Å². The number of pyridine rings is 1. The Morgan fingerprint density at radius 2 is 1.97 bits per heavy atom. The van der Waals surface area contributed by atoms with E-state index in [4.69, 9.17) is 4.74 Å². The van der Waals surface area contributed by atoms with E-state index in [0.29, 0.717) is 44.1 Å². The van der Waals surface area contributed by atoms with E-state index in [2.05, 4.69) is 37.1 Å². The summed E-state index contributed by atoms with van der Waals surface area (Å²) in [6, 6.07) is 9.45. The van der Waals surface area contributed by atoms with Crippen LogP contribution in [0.1, 0.15) is 28.9 Å². The molecule has 0 saturated heterocycles. The number of hydrogen-bond donors (Lipinski definition) is 1. The summed E-state index contributed by atoms with van der Waals surface area (Å²) >= 11 is 1.26. The minimum atomic E-state index is -0.327. The molecule has 1 aliphatic rings. The summed E-state index contributed by atoms with van der Waals surface area (Å²) < 4.78 is 5.54. The maximum atomic E-state index is 13.3.